The van der Waals surface area contributed by atoms with Crippen LogP contribution in [-0.2, 0) is 4.79 Å². The van der Waals surface area contributed by atoms with Crippen molar-refractivity contribution >= 4 is 46.2 Å². The van der Waals surface area contributed by atoms with Crippen molar-refractivity contribution in [2.45, 2.75) is 13.8 Å². The van der Waals surface area contributed by atoms with Crippen molar-refractivity contribution in [1.82, 2.24) is 9.88 Å². The van der Waals surface area contributed by atoms with E-state index in [0.29, 0.717) is 15.1 Å². The molecule has 0 bridgehead atoms. The summed E-state index contributed by atoms with van der Waals surface area (Å²) in [4.78, 5) is 17.7. The van der Waals surface area contributed by atoms with Crippen LogP contribution in [-0.4, -0.2) is 22.8 Å². The molecule has 0 spiro atoms. The van der Waals surface area contributed by atoms with Gasteiger partial charge in [0.1, 0.15) is 5.75 Å². The summed E-state index contributed by atoms with van der Waals surface area (Å²) in [7, 11) is 1.64. The second kappa shape index (κ2) is 8.42. The molecule has 3 aromatic rings. The van der Waals surface area contributed by atoms with Gasteiger partial charge in [0.15, 0.2) is 5.17 Å². The van der Waals surface area contributed by atoms with Crippen molar-refractivity contribution in [2.75, 3.05) is 7.11 Å². The monoisotopic (exact) mass is 437 g/mol. The molecule has 0 radical (unpaired) electrons. The molecule has 0 atom stereocenters. The maximum atomic E-state index is 12.5. The van der Waals surface area contributed by atoms with Gasteiger partial charge in [-0.15, -0.1) is 0 Å². The number of aromatic nitrogens is 1. The minimum absolute atomic E-state index is 0.168. The molecular formula is C23H20ClN3O2S. The highest BCUT2D eigenvalue weighted by molar-refractivity contribution is 8.18. The first-order chi connectivity index (χ1) is 14.5. The summed E-state index contributed by atoms with van der Waals surface area (Å²) in [6.45, 7) is 3.94. The van der Waals surface area contributed by atoms with Crippen molar-refractivity contribution in [3.63, 3.8) is 0 Å². The number of halogens is 1. The van der Waals surface area contributed by atoms with Gasteiger partial charge in [0.2, 0.25) is 0 Å². The smallest absolute Gasteiger partial charge is 0.264 e. The largest absolute Gasteiger partial charge is 0.497 e. The van der Waals surface area contributed by atoms with Crippen LogP contribution in [0, 0.1) is 13.8 Å². The lowest BCUT2D eigenvalue weighted by Gasteiger charge is -2.10. The van der Waals surface area contributed by atoms with Crippen molar-refractivity contribution in [2.24, 2.45) is 4.99 Å². The molecule has 0 aliphatic carbocycles. The van der Waals surface area contributed by atoms with E-state index in [1.807, 2.05) is 74.5 Å². The maximum absolute atomic E-state index is 12.5. The topological polar surface area (TPSA) is 55.6 Å². The second-order valence-corrected chi connectivity index (χ2v) is 8.24. The number of benzene rings is 2. The number of carbonyl (C=O) groups is 1. The molecule has 1 fully saturated rings. The zero-order valence-electron chi connectivity index (χ0n) is 16.8. The molecule has 2 heterocycles. The number of aliphatic imine (C=N–C) groups is 1. The van der Waals surface area contributed by atoms with E-state index in [1.54, 1.807) is 7.11 Å². The Labute approximate surface area is 184 Å². The minimum atomic E-state index is -0.168. The second-order valence-electron chi connectivity index (χ2n) is 6.80. The molecule has 1 amide bonds. The van der Waals surface area contributed by atoms with E-state index in [2.05, 4.69) is 14.9 Å². The van der Waals surface area contributed by atoms with Crippen molar-refractivity contribution < 1.29 is 9.53 Å². The molecule has 30 heavy (non-hydrogen) atoms. The number of nitrogens with one attached hydrogen (secondary N) is 1. The number of methoxy groups -OCH3 is 1. The fraction of sp³-hybridized carbons (Fsp3) is 0.130. The van der Waals surface area contributed by atoms with Crippen LogP contribution in [0.25, 0.3) is 11.8 Å². The molecule has 0 saturated carbocycles. The van der Waals surface area contributed by atoms with E-state index in [9.17, 15) is 4.79 Å². The van der Waals surface area contributed by atoms with E-state index >= 15 is 0 Å². The standard InChI is InChI=1S/C23H20ClN3O2S/c1-14-7-8-17(27(14)16-9-11-18(29-3)12-10-16)13-21-22(28)26-23(30-21)25-20-6-4-5-19(24)15(20)2/h4-13H,1-3H3,(H,25,26,28)/b21-13-. The molecule has 7 heteroatoms. The number of amides is 1. The SMILES string of the molecule is COc1ccc(-n2c(C)ccc2/C=C2\SC(=Nc3cccc(Cl)c3C)NC2=O)cc1. The van der Waals surface area contributed by atoms with Gasteiger partial charge in [-0.25, -0.2) is 4.99 Å². The van der Waals surface area contributed by atoms with E-state index < -0.39 is 0 Å². The third kappa shape index (κ3) is 4.01. The summed E-state index contributed by atoms with van der Waals surface area (Å²) >= 11 is 7.49. The summed E-state index contributed by atoms with van der Waals surface area (Å²) < 4.78 is 7.34. The Bertz CT molecular complexity index is 1180. The Kier molecular flexibility index (Phi) is 5.70. The molecule has 1 aliphatic rings. The molecule has 1 saturated heterocycles. The van der Waals surface area contributed by atoms with E-state index in [4.69, 9.17) is 16.3 Å². The van der Waals surface area contributed by atoms with E-state index in [1.165, 1.54) is 11.8 Å². The summed E-state index contributed by atoms with van der Waals surface area (Å²) in [5.41, 5.74) is 4.60. The summed E-state index contributed by atoms with van der Waals surface area (Å²) in [5.74, 6) is 0.630. The van der Waals surface area contributed by atoms with Gasteiger partial charge in [0, 0.05) is 22.1 Å². The van der Waals surface area contributed by atoms with Crippen LogP contribution < -0.4 is 10.1 Å². The van der Waals surface area contributed by atoms with Crippen LogP contribution in [0.4, 0.5) is 5.69 Å². The number of nitrogens with zero attached hydrogens (tertiary/aromatic N) is 2. The van der Waals surface area contributed by atoms with Gasteiger partial charge in [0.25, 0.3) is 5.91 Å². The Balaban J connectivity index is 1.65. The first kappa shape index (κ1) is 20.3. The molecule has 152 valence electrons. The van der Waals surface area contributed by atoms with E-state index in [0.717, 1.165) is 34.1 Å². The number of hydrogen-bond acceptors (Lipinski definition) is 4. The Morgan fingerprint density at radius 3 is 2.60 bits per heavy atom. The molecule has 2 aromatic carbocycles. The van der Waals surface area contributed by atoms with Gasteiger partial charge in [-0.1, -0.05) is 17.7 Å². The quantitative estimate of drug-likeness (QED) is 0.537. The molecule has 5 nitrogen and oxygen atoms in total. The van der Waals surface area contributed by atoms with Crippen molar-refractivity contribution in [3.8, 4) is 11.4 Å². The predicted octanol–water partition coefficient (Wildman–Crippen LogP) is 5.65. The summed E-state index contributed by atoms with van der Waals surface area (Å²) in [6, 6.07) is 17.4. The first-order valence-electron chi connectivity index (χ1n) is 9.34. The highest BCUT2D eigenvalue weighted by Gasteiger charge is 2.24. The number of thioether (sulfide) groups is 1. The fourth-order valence-electron chi connectivity index (χ4n) is 3.20. The lowest BCUT2D eigenvalue weighted by atomic mass is 10.2. The molecule has 1 N–H and O–H groups in total. The zero-order valence-corrected chi connectivity index (χ0v) is 18.3. The Hall–Kier alpha value is -2.96. The number of ether oxygens (including phenoxy) is 1. The number of amidine groups is 1. The van der Waals surface area contributed by atoms with Gasteiger partial charge in [-0.3, -0.25) is 4.79 Å². The first-order valence-corrected chi connectivity index (χ1v) is 10.5. The maximum Gasteiger partial charge on any atom is 0.264 e. The van der Waals surface area contributed by atoms with Crippen LogP contribution in [0.3, 0.4) is 0 Å². The van der Waals surface area contributed by atoms with Crippen LogP contribution >= 0.6 is 23.4 Å². The summed E-state index contributed by atoms with van der Waals surface area (Å²) in [6.07, 6.45) is 1.88. The van der Waals surface area contributed by atoms with Crippen LogP contribution in [0.2, 0.25) is 5.02 Å². The van der Waals surface area contributed by atoms with Crippen molar-refractivity contribution in [3.05, 3.63) is 81.5 Å². The highest BCUT2D eigenvalue weighted by Crippen LogP contribution is 2.32. The third-order valence-corrected chi connectivity index (χ3v) is 6.15. The van der Waals surface area contributed by atoms with Gasteiger partial charge >= 0.3 is 0 Å². The van der Waals surface area contributed by atoms with Gasteiger partial charge < -0.3 is 14.6 Å². The molecule has 1 aromatic heterocycles. The predicted molar refractivity (Wildman–Crippen MR) is 124 cm³/mol. The highest BCUT2D eigenvalue weighted by atomic mass is 35.5. The van der Waals surface area contributed by atoms with Crippen molar-refractivity contribution in [1.29, 1.82) is 0 Å². The van der Waals surface area contributed by atoms with E-state index in [-0.39, 0.29) is 5.91 Å². The third-order valence-electron chi connectivity index (χ3n) is 4.83. The number of rotatable bonds is 4. The van der Waals surface area contributed by atoms with Gasteiger partial charge in [-0.05, 0) is 85.8 Å². The summed E-state index contributed by atoms with van der Waals surface area (Å²) in [5, 5.41) is 4.02. The molecule has 1 aliphatic heterocycles. The average molecular weight is 438 g/mol. The zero-order chi connectivity index (χ0) is 21.3. The lowest BCUT2D eigenvalue weighted by molar-refractivity contribution is -0.115. The van der Waals surface area contributed by atoms with Crippen LogP contribution in [0.15, 0.2) is 64.5 Å². The average Bonchev–Trinajstić information content (AvgIpc) is 3.27. The molecule has 4 rings (SSSR count). The number of hydrogen-bond donors (Lipinski definition) is 1. The molecule has 0 unspecified atom stereocenters. The Morgan fingerprint density at radius 1 is 1.10 bits per heavy atom. The lowest BCUT2D eigenvalue weighted by Crippen LogP contribution is -2.19. The number of aryl methyl sites for hydroxylation is 1. The Morgan fingerprint density at radius 2 is 1.87 bits per heavy atom. The van der Waals surface area contributed by atoms with Gasteiger partial charge in [-0.2, -0.15) is 0 Å². The van der Waals surface area contributed by atoms with Crippen LogP contribution in [0.5, 0.6) is 5.75 Å². The minimum Gasteiger partial charge on any atom is -0.497 e. The number of carbonyl (C=O) groups excluding carboxylic acids is 1. The van der Waals surface area contributed by atoms with Crippen LogP contribution in [0.1, 0.15) is 17.0 Å². The fourth-order valence-corrected chi connectivity index (χ4v) is 4.19. The normalized spacial score (nSPS) is 16.3. The van der Waals surface area contributed by atoms with Gasteiger partial charge in [0.05, 0.1) is 17.7 Å². The molecular weight excluding hydrogens is 418 g/mol.